The topological polar surface area (TPSA) is 64.2 Å². The number of para-hydroxylation sites is 2. The van der Waals surface area contributed by atoms with Gasteiger partial charge in [0, 0.05) is 0 Å². The van der Waals surface area contributed by atoms with Crippen LogP contribution >= 0.6 is 0 Å². The number of nitrogens with zero attached hydrogens (tertiary/aromatic N) is 1. The molecular formula is C19H20N2O3. The fourth-order valence-electron chi connectivity index (χ4n) is 2.67. The lowest BCUT2D eigenvalue weighted by molar-refractivity contribution is -0.145. The third-order valence-electron chi connectivity index (χ3n) is 3.91. The van der Waals surface area contributed by atoms with Crippen LogP contribution in [0.4, 0.5) is 0 Å². The maximum absolute atomic E-state index is 12.4. The average molecular weight is 324 g/mol. The molecule has 5 heteroatoms. The molecule has 3 aromatic rings. The summed E-state index contributed by atoms with van der Waals surface area (Å²) in [5.41, 5.74) is 2.78. The van der Waals surface area contributed by atoms with Crippen molar-refractivity contribution in [1.82, 2.24) is 9.97 Å². The van der Waals surface area contributed by atoms with Crippen LogP contribution in [0.5, 0.6) is 5.75 Å². The fraction of sp³-hybridized carbons (Fsp3) is 0.263. The van der Waals surface area contributed by atoms with Crippen molar-refractivity contribution >= 4 is 17.0 Å². The van der Waals surface area contributed by atoms with Crippen molar-refractivity contribution in [3.8, 4) is 5.75 Å². The van der Waals surface area contributed by atoms with Crippen LogP contribution < -0.4 is 4.74 Å². The number of carbonyl (C=O) groups is 1. The van der Waals surface area contributed by atoms with Gasteiger partial charge in [0.05, 0.1) is 24.8 Å². The van der Waals surface area contributed by atoms with Gasteiger partial charge in [-0.1, -0.05) is 24.3 Å². The number of methoxy groups -OCH3 is 1. The first-order valence-electron chi connectivity index (χ1n) is 7.95. The van der Waals surface area contributed by atoms with Crippen LogP contribution in [0, 0.1) is 0 Å². The number of nitrogens with one attached hydrogen (secondary N) is 1. The van der Waals surface area contributed by atoms with Crippen molar-refractivity contribution in [2.45, 2.75) is 19.3 Å². The van der Waals surface area contributed by atoms with Crippen LogP contribution in [0.3, 0.4) is 0 Å². The van der Waals surface area contributed by atoms with Gasteiger partial charge >= 0.3 is 5.97 Å². The minimum atomic E-state index is -0.467. The SMILES string of the molecule is CCOC(=O)[C@@H](Cc1ccc(OC)cc1)c1nc2ccccc2[nH]1. The number of hydrogen-bond acceptors (Lipinski definition) is 4. The molecular weight excluding hydrogens is 304 g/mol. The number of aromatic nitrogens is 2. The van der Waals surface area contributed by atoms with E-state index < -0.39 is 5.92 Å². The number of fused-ring (bicyclic) bond motifs is 1. The van der Waals surface area contributed by atoms with Crippen LogP contribution in [0.1, 0.15) is 24.2 Å². The summed E-state index contributed by atoms with van der Waals surface area (Å²) in [6.45, 7) is 2.15. The molecule has 5 nitrogen and oxygen atoms in total. The molecule has 24 heavy (non-hydrogen) atoms. The molecule has 0 saturated carbocycles. The molecule has 1 atom stereocenters. The first kappa shape index (κ1) is 16.1. The number of hydrogen-bond donors (Lipinski definition) is 1. The van der Waals surface area contributed by atoms with E-state index in [0.29, 0.717) is 18.9 Å². The van der Waals surface area contributed by atoms with Crippen molar-refractivity contribution in [1.29, 1.82) is 0 Å². The summed E-state index contributed by atoms with van der Waals surface area (Å²) in [5, 5.41) is 0. The van der Waals surface area contributed by atoms with Crippen LogP contribution in [0.15, 0.2) is 48.5 Å². The Morgan fingerprint density at radius 1 is 1.17 bits per heavy atom. The summed E-state index contributed by atoms with van der Waals surface area (Å²) >= 11 is 0. The second-order valence-electron chi connectivity index (χ2n) is 5.50. The van der Waals surface area contributed by atoms with Gasteiger partial charge in [-0.15, -0.1) is 0 Å². The van der Waals surface area contributed by atoms with Gasteiger partial charge in [0.15, 0.2) is 0 Å². The first-order valence-corrected chi connectivity index (χ1v) is 7.95. The van der Waals surface area contributed by atoms with E-state index in [2.05, 4.69) is 9.97 Å². The second-order valence-corrected chi connectivity index (χ2v) is 5.50. The predicted octanol–water partition coefficient (Wildman–Crippen LogP) is 3.46. The van der Waals surface area contributed by atoms with Crippen LogP contribution in [-0.2, 0) is 16.0 Å². The lowest BCUT2D eigenvalue weighted by atomic mass is 9.98. The van der Waals surface area contributed by atoms with E-state index in [4.69, 9.17) is 9.47 Å². The molecule has 0 unspecified atom stereocenters. The molecule has 0 aliphatic heterocycles. The van der Waals surface area contributed by atoms with Gasteiger partial charge in [-0.3, -0.25) is 4.79 Å². The van der Waals surface area contributed by atoms with Gasteiger partial charge in [-0.05, 0) is 43.2 Å². The van der Waals surface area contributed by atoms with E-state index in [-0.39, 0.29) is 5.97 Å². The summed E-state index contributed by atoms with van der Waals surface area (Å²) in [6.07, 6.45) is 0.517. The Balaban J connectivity index is 1.91. The summed E-state index contributed by atoms with van der Waals surface area (Å²) in [5.74, 6) is 0.679. The maximum Gasteiger partial charge on any atom is 0.316 e. The lowest BCUT2D eigenvalue weighted by Crippen LogP contribution is -2.19. The van der Waals surface area contributed by atoms with Crippen molar-refractivity contribution in [3.05, 3.63) is 59.9 Å². The molecule has 1 heterocycles. The minimum Gasteiger partial charge on any atom is -0.497 e. The van der Waals surface area contributed by atoms with Gasteiger partial charge in [0.25, 0.3) is 0 Å². The van der Waals surface area contributed by atoms with Crippen molar-refractivity contribution < 1.29 is 14.3 Å². The Hall–Kier alpha value is -2.82. The normalized spacial score (nSPS) is 12.1. The van der Waals surface area contributed by atoms with E-state index in [0.717, 1.165) is 22.3 Å². The molecule has 0 aliphatic rings. The summed E-state index contributed by atoms with van der Waals surface area (Å²) in [6, 6.07) is 15.4. The largest absolute Gasteiger partial charge is 0.497 e. The zero-order valence-electron chi connectivity index (χ0n) is 13.8. The quantitative estimate of drug-likeness (QED) is 0.705. The Morgan fingerprint density at radius 3 is 2.58 bits per heavy atom. The summed E-state index contributed by atoms with van der Waals surface area (Å²) in [7, 11) is 1.63. The average Bonchev–Trinajstić information content (AvgIpc) is 3.04. The molecule has 1 N–H and O–H groups in total. The van der Waals surface area contributed by atoms with E-state index >= 15 is 0 Å². The van der Waals surface area contributed by atoms with Crippen LogP contribution in [-0.4, -0.2) is 29.7 Å². The highest BCUT2D eigenvalue weighted by molar-refractivity contribution is 5.81. The zero-order valence-corrected chi connectivity index (χ0v) is 13.8. The Kier molecular flexibility index (Phi) is 4.79. The third kappa shape index (κ3) is 3.40. The smallest absolute Gasteiger partial charge is 0.316 e. The van der Waals surface area contributed by atoms with Crippen LogP contribution in [0.25, 0.3) is 11.0 Å². The number of H-pyrrole nitrogens is 1. The lowest BCUT2D eigenvalue weighted by Gasteiger charge is -2.13. The standard InChI is InChI=1S/C19H20N2O3/c1-3-24-19(22)15(12-13-8-10-14(23-2)11-9-13)18-20-16-6-4-5-7-17(16)21-18/h4-11,15H,3,12H2,1-2H3,(H,20,21)/t15-/m0/s1. The molecule has 0 aliphatic carbocycles. The molecule has 0 saturated heterocycles. The van der Waals surface area contributed by atoms with Gasteiger partial charge in [0.1, 0.15) is 17.5 Å². The number of ether oxygens (including phenoxy) is 2. The molecule has 1 aromatic heterocycles. The monoisotopic (exact) mass is 324 g/mol. The number of rotatable bonds is 6. The second kappa shape index (κ2) is 7.17. The molecule has 0 radical (unpaired) electrons. The summed E-state index contributed by atoms with van der Waals surface area (Å²) < 4.78 is 10.4. The van der Waals surface area contributed by atoms with Crippen LogP contribution in [0.2, 0.25) is 0 Å². The van der Waals surface area contributed by atoms with Crippen molar-refractivity contribution in [2.24, 2.45) is 0 Å². The third-order valence-corrected chi connectivity index (χ3v) is 3.91. The number of esters is 1. The van der Waals surface area contributed by atoms with Crippen molar-refractivity contribution in [3.63, 3.8) is 0 Å². The fourth-order valence-corrected chi connectivity index (χ4v) is 2.67. The highest BCUT2D eigenvalue weighted by atomic mass is 16.5. The number of imidazole rings is 1. The van der Waals surface area contributed by atoms with Gasteiger partial charge < -0.3 is 14.5 Å². The molecule has 0 fully saturated rings. The molecule has 0 amide bonds. The Bertz CT molecular complexity index is 791. The predicted molar refractivity (Wildman–Crippen MR) is 92.2 cm³/mol. The number of carbonyl (C=O) groups excluding carboxylic acids is 1. The zero-order chi connectivity index (χ0) is 16.9. The van der Waals surface area contributed by atoms with Gasteiger partial charge in [-0.2, -0.15) is 0 Å². The number of benzene rings is 2. The molecule has 2 aromatic carbocycles. The van der Waals surface area contributed by atoms with Gasteiger partial charge in [-0.25, -0.2) is 4.98 Å². The minimum absolute atomic E-state index is 0.271. The highest BCUT2D eigenvalue weighted by Gasteiger charge is 2.25. The molecule has 3 rings (SSSR count). The molecule has 0 bridgehead atoms. The highest BCUT2D eigenvalue weighted by Crippen LogP contribution is 2.24. The first-order chi connectivity index (χ1) is 11.7. The Labute approximate surface area is 140 Å². The maximum atomic E-state index is 12.4. The molecule has 0 spiro atoms. The number of aromatic amines is 1. The Morgan fingerprint density at radius 2 is 1.92 bits per heavy atom. The van der Waals surface area contributed by atoms with Crippen molar-refractivity contribution in [2.75, 3.05) is 13.7 Å². The van der Waals surface area contributed by atoms with E-state index in [1.54, 1.807) is 14.0 Å². The molecule has 124 valence electrons. The van der Waals surface area contributed by atoms with Gasteiger partial charge in [0.2, 0.25) is 0 Å². The summed E-state index contributed by atoms with van der Waals surface area (Å²) in [4.78, 5) is 20.2. The van der Waals surface area contributed by atoms with E-state index in [1.807, 2.05) is 48.5 Å². The van der Waals surface area contributed by atoms with E-state index in [9.17, 15) is 4.79 Å². The van der Waals surface area contributed by atoms with E-state index in [1.165, 1.54) is 0 Å².